The first-order valence-electron chi connectivity index (χ1n) is 4.32. The number of ketones is 2. The Kier molecular flexibility index (Phi) is 3.62. The fourth-order valence-corrected chi connectivity index (χ4v) is 0.882. The van der Waals surface area contributed by atoms with Crippen molar-refractivity contribution in [3.8, 4) is 0 Å². The van der Waals surface area contributed by atoms with Crippen molar-refractivity contribution in [1.82, 2.24) is 0 Å². The number of hydrogen-bond donors (Lipinski definition) is 0. The van der Waals surface area contributed by atoms with Gasteiger partial charge in [-0.3, -0.25) is 9.59 Å². The Morgan fingerprint density at radius 1 is 1.17 bits per heavy atom. The highest BCUT2D eigenvalue weighted by Gasteiger charge is 2.27. The predicted molar refractivity (Wildman–Crippen MR) is 48.9 cm³/mol. The number of hydrogen-bond acceptors (Lipinski definition) is 2. The molecule has 0 atom stereocenters. The SMILES string of the molecule is CC(C)CC(=O)C(=O)C(C)(C)C. The number of Topliss-reactive ketones (excluding diaryl/α,β-unsaturated/α-hetero) is 2. The van der Waals surface area contributed by atoms with E-state index in [4.69, 9.17) is 0 Å². The van der Waals surface area contributed by atoms with Gasteiger partial charge in [-0.25, -0.2) is 0 Å². The number of carbonyl (C=O) groups excluding carboxylic acids is 2. The van der Waals surface area contributed by atoms with Gasteiger partial charge in [-0.05, 0) is 5.92 Å². The summed E-state index contributed by atoms with van der Waals surface area (Å²) in [6.07, 6.45) is 0.371. The van der Waals surface area contributed by atoms with Crippen LogP contribution in [0.5, 0.6) is 0 Å². The maximum Gasteiger partial charge on any atom is 0.203 e. The fourth-order valence-electron chi connectivity index (χ4n) is 0.882. The van der Waals surface area contributed by atoms with Crippen LogP contribution in [0.4, 0.5) is 0 Å². The van der Waals surface area contributed by atoms with E-state index in [9.17, 15) is 9.59 Å². The first-order valence-corrected chi connectivity index (χ1v) is 4.32. The van der Waals surface area contributed by atoms with Crippen LogP contribution in [0.25, 0.3) is 0 Å². The van der Waals surface area contributed by atoms with Crippen LogP contribution in [0.15, 0.2) is 0 Å². The van der Waals surface area contributed by atoms with Gasteiger partial charge in [-0.1, -0.05) is 34.6 Å². The van der Waals surface area contributed by atoms with Gasteiger partial charge >= 0.3 is 0 Å². The van der Waals surface area contributed by atoms with Gasteiger partial charge in [-0.15, -0.1) is 0 Å². The summed E-state index contributed by atoms with van der Waals surface area (Å²) >= 11 is 0. The van der Waals surface area contributed by atoms with Crippen molar-refractivity contribution in [2.45, 2.75) is 41.0 Å². The summed E-state index contributed by atoms with van der Waals surface area (Å²) in [5, 5.41) is 0. The van der Waals surface area contributed by atoms with E-state index in [1.54, 1.807) is 20.8 Å². The summed E-state index contributed by atoms with van der Waals surface area (Å²) in [6.45, 7) is 9.19. The van der Waals surface area contributed by atoms with Crippen molar-refractivity contribution in [2.75, 3.05) is 0 Å². The number of carbonyl (C=O) groups is 2. The number of rotatable bonds is 3. The molecule has 0 aromatic heterocycles. The zero-order chi connectivity index (χ0) is 9.94. The molecule has 0 saturated heterocycles. The van der Waals surface area contributed by atoms with Crippen LogP contribution in [-0.2, 0) is 9.59 Å². The molecule has 0 aliphatic carbocycles. The molecular weight excluding hydrogens is 152 g/mol. The standard InChI is InChI=1S/C10H18O2/c1-7(2)6-8(11)9(12)10(3,4)5/h7H,6H2,1-5H3. The van der Waals surface area contributed by atoms with Crippen molar-refractivity contribution >= 4 is 11.6 Å². The summed E-state index contributed by atoms with van der Waals surface area (Å²) in [5.41, 5.74) is -0.522. The Hall–Kier alpha value is -0.660. The molecule has 2 heteroatoms. The van der Waals surface area contributed by atoms with Crippen molar-refractivity contribution in [3.05, 3.63) is 0 Å². The third-order valence-corrected chi connectivity index (χ3v) is 1.53. The van der Waals surface area contributed by atoms with Crippen LogP contribution in [-0.4, -0.2) is 11.6 Å². The molecule has 0 N–H and O–H groups in total. The highest BCUT2D eigenvalue weighted by Crippen LogP contribution is 2.17. The Morgan fingerprint density at radius 2 is 1.58 bits per heavy atom. The van der Waals surface area contributed by atoms with Crippen LogP contribution < -0.4 is 0 Å². The smallest absolute Gasteiger partial charge is 0.203 e. The molecule has 0 radical (unpaired) electrons. The van der Waals surface area contributed by atoms with Crippen molar-refractivity contribution in [2.24, 2.45) is 11.3 Å². The van der Waals surface area contributed by atoms with Gasteiger partial charge in [0.1, 0.15) is 0 Å². The van der Waals surface area contributed by atoms with Crippen LogP contribution in [0.2, 0.25) is 0 Å². The topological polar surface area (TPSA) is 34.1 Å². The summed E-state index contributed by atoms with van der Waals surface area (Å²) in [5.74, 6) is -0.225. The molecule has 0 spiro atoms. The normalized spacial score (nSPS) is 11.8. The van der Waals surface area contributed by atoms with Gasteiger partial charge < -0.3 is 0 Å². The van der Waals surface area contributed by atoms with E-state index in [0.717, 1.165) is 0 Å². The zero-order valence-electron chi connectivity index (χ0n) is 8.60. The van der Waals surface area contributed by atoms with E-state index in [2.05, 4.69) is 0 Å². The summed E-state index contributed by atoms with van der Waals surface area (Å²) < 4.78 is 0. The van der Waals surface area contributed by atoms with Crippen LogP contribution in [0.3, 0.4) is 0 Å². The lowest BCUT2D eigenvalue weighted by Gasteiger charge is -2.15. The third-order valence-electron chi connectivity index (χ3n) is 1.53. The highest BCUT2D eigenvalue weighted by atomic mass is 16.2. The Labute approximate surface area is 74.3 Å². The zero-order valence-corrected chi connectivity index (χ0v) is 8.60. The lowest BCUT2D eigenvalue weighted by molar-refractivity contribution is -0.141. The fraction of sp³-hybridized carbons (Fsp3) is 0.800. The minimum absolute atomic E-state index is 0.238. The predicted octanol–water partition coefficient (Wildman–Crippen LogP) is 2.22. The van der Waals surface area contributed by atoms with Gasteiger partial charge in [-0.2, -0.15) is 0 Å². The summed E-state index contributed by atoms with van der Waals surface area (Å²) in [6, 6.07) is 0. The minimum atomic E-state index is -0.522. The molecule has 0 bridgehead atoms. The first-order chi connectivity index (χ1) is 5.25. The molecule has 0 fully saturated rings. The summed E-state index contributed by atoms with van der Waals surface area (Å²) in [7, 11) is 0. The monoisotopic (exact) mass is 170 g/mol. The molecule has 0 aromatic rings. The maximum atomic E-state index is 11.4. The van der Waals surface area contributed by atoms with E-state index in [1.807, 2.05) is 13.8 Å². The average Bonchev–Trinajstić information content (AvgIpc) is 1.82. The van der Waals surface area contributed by atoms with E-state index in [1.165, 1.54) is 0 Å². The molecule has 0 saturated carbocycles. The van der Waals surface area contributed by atoms with E-state index >= 15 is 0 Å². The van der Waals surface area contributed by atoms with Crippen LogP contribution >= 0.6 is 0 Å². The summed E-state index contributed by atoms with van der Waals surface area (Å²) in [4.78, 5) is 22.6. The van der Waals surface area contributed by atoms with Crippen molar-refractivity contribution < 1.29 is 9.59 Å². The van der Waals surface area contributed by atoms with Crippen LogP contribution in [0.1, 0.15) is 41.0 Å². The van der Waals surface area contributed by atoms with Gasteiger partial charge in [0.2, 0.25) is 5.78 Å². The molecule has 0 rings (SSSR count). The second kappa shape index (κ2) is 3.83. The third kappa shape index (κ3) is 3.65. The molecule has 0 aromatic carbocycles. The van der Waals surface area contributed by atoms with E-state index < -0.39 is 5.41 Å². The Balaban J connectivity index is 4.22. The van der Waals surface area contributed by atoms with Crippen LogP contribution in [0, 0.1) is 11.3 Å². The minimum Gasteiger partial charge on any atom is -0.291 e. The largest absolute Gasteiger partial charge is 0.291 e. The van der Waals surface area contributed by atoms with Gasteiger partial charge in [0.25, 0.3) is 0 Å². The van der Waals surface area contributed by atoms with E-state index in [0.29, 0.717) is 6.42 Å². The molecule has 0 heterocycles. The quantitative estimate of drug-likeness (QED) is 0.608. The van der Waals surface area contributed by atoms with E-state index in [-0.39, 0.29) is 17.5 Å². The molecule has 2 nitrogen and oxygen atoms in total. The molecule has 0 amide bonds. The molecule has 12 heavy (non-hydrogen) atoms. The lowest BCUT2D eigenvalue weighted by atomic mass is 9.86. The molecule has 0 aliphatic rings. The second-order valence-corrected chi connectivity index (χ2v) is 4.60. The highest BCUT2D eigenvalue weighted by molar-refractivity contribution is 6.38. The average molecular weight is 170 g/mol. The molecule has 0 aliphatic heterocycles. The van der Waals surface area contributed by atoms with Gasteiger partial charge in [0.15, 0.2) is 5.78 Å². The maximum absolute atomic E-state index is 11.4. The van der Waals surface area contributed by atoms with Gasteiger partial charge in [0, 0.05) is 11.8 Å². The Morgan fingerprint density at radius 3 is 1.83 bits per heavy atom. The molecule has 70 valence electrons. The Bertz CT molecular complexity index is 185. The van der Waals surface area contributed by atoms with Crippen molar-refractivity contribution in [3.63, 3.8) is 0 Å². The first kappa shape index (κ1) is 11.3. The second-order valence-electron chi connectivity index (χ2n) is 4.60. The van der Waals surface area contributed by atoms with Gasteiger partial charge in [0.05, 0.1) is 0 Å². The molecule has 0 unspecified atom stereocenters. The lowest BCUT2D eigenvalue weighted by Crippen LogP contribution is -2.29. The molecular formula is C10H18O2. The van der Waals surface area contributed by atoms with Crippen molar-refractivity contribution in [1.29, 1.82) is 0 Å².